The Bertz CT molecular complexity index is 327. The average Bonchev–Trinajstić information content (AvgIpc) is 2.38. The van der Waals surface area contributed by atoms with Crippen LogP contribution in [0.4, 0.5) is 0 Å². The minimum absolute atomic E-state index is 0.584. The Labute approximate surface area is 104 Å². The summed E-state index contributed by atoms with van der Waals surface area (Å²) >= 11 is 0. The number of hydrogen-bond acceptors (Lipinski definition) is 2. The van der Waals surface area contributed by atoms with Crippen molar-refractivity contribution in [2.24, 2.45) is 5.92 Å². The predicted molar refractivity (Wildman–Crippen MR) is 71.4 cm³/mol. The molecule has 0 saturated carbocycles. The van der Waals surface area contributed by atoms with Gasteiger partial charge in [0.2, 0.25) is 0 Å². The first kappa shape index (κ1) is 12.6. The summed E-state index contributed by atoms with van der Waals surface area (Å²) in [6.07, 6.45) is 2.50. The van der Waals surface area contributed by atoms with E-state index in [1.807, 2.05) is 7.05 Å². The molecule has 1 aromatic carbocycles. The first-order chi connectivity index (χ1) is 8.31. The van der Waals surface area contributed by atoms with E-state index >= 15 is 0 Å². The summed E-state index contributed by atoms with van der Waals surface area (Å²) in [5.74, 6) is 1.25. The van der Waals surface area contributed by atoms with Crippen LogP contribution in [0.5, 0.6) is 0 Å². The van der Waals surface area contributed by atoms with E-state index in [2.05, 4.69) is 36.5 Å². The van der Waals surface area contributed by atoms with Crippen LogP contribution >= 0.6 is 0 Å². The highest BCUT2D eigenvalue weighted by Crippen LogP contribution is 2.30. The van der Waals surface area contributed by atoms with E-state index in [9.17, 15) is 0 Å². The third kappa shape index (κ3) is 3.30. The molecule has 2 nitrogen and oxygen atoms in total. The zero-order chi connectivity index (χ0) is 12.1. The lowest BCUT2D eigenvalue weighted by molar-refractivity contribution is 0.0442. The van der Waals surface area contributed by atoms with Gasteiger partial charge in [0.05, 0.1) is 6.61 Å². The quantitative estimate of drug-likeness (QED) is 0.863. The number of benzene rings is 1. The topological polar surface area (TPSA) is 21.3 Å². The highest BCUT2D eigenvalue weighted by molar-refractivity contribution is 5.25. The van der Waals surface area contributed by atoms with Crippen LogP contribution in [0.1, 0.15) is 29.9 Å². The summed E-state index contributed by atoms with van der Waals surface area (Å²) in [5.41, 5.74) is 2.78. The van der Waals surface area contributed by atoms with Gasteiger partial charge in [-0.15, -0.1) is 0 Å². The lowest BCUT2D eigenvalue weighted by Crippen LogP contribution is -2.30. The van der Waals surface area contributed by atoms with Crippen molar-refractivity contribution in [2.75, 3.05) is 26.8 Å². The molecule has 0 aliphatic carbocycles. The van der Waals surface area contributed by atoms with Crippen LogP contribution in [0, 0.1) is 12.8 Å². The summed E-state index contributed by atoms with van der Waals surface area (Å²) in [6.45, 7) is 5.04. The van der Waals surface area contributed by atoms with Gasteiger partial charge in [0.15, 0.2) is 0 Å². The SMILES string of the molecule is CNCC(c1ccc(C)cc1)C1CCCOC1. The van der Waals surface area contributed by atoms with E-state index in [0.717, 1.165) is 19.8 Å². The van der Waals surface area contributed by atoms with Crippen molar-refractivity contribution in [1.29, 1.82) is 0 Å². The highest BCUT2D eigenvalue weighted by atomic mass is 16.5. The maximum absolute atomic E-state index is 5.63. The molecule has 2 atom stereocenters. The first-order valence-electron chi connectivity index (χ1n) is 6.60. The lowest BCUT2D eigenvalue weighted by atomic mass is 9.82. The van der Waals surface area contributed by atoms with Crippen LogP contribution in [0.2, 0.25) is 0 Å². The van der Waals surface area contributed by atoms with Crippen LogP contribution in [0.25, 0.3) is 0 Å². The van der Waals surface area contributed by atoms with Crippen molar-refractivity contribution in [3.05, 3.63) is 35.4 Å². The van der Waals surface area contributed by atoms with Crippen molar-refractivity contribution in [3.8, 4) is 0 Å². The summed E-state index contributed by atoms with van der Waals surface area (Å²) < 4.78 is 5.63. The molecule has 1 fully saturated rings. The second-order valence-electron chi connectivity index (χ2n) is 5.05. The van der Waals surface area contributed by atoms with E-state index in [1.165, 1.54) is 24.0 Å². The van der Waals surface area contributed by atoms with Crippen LogP contribution in [-0.2, 0) is 4.74 Å². The molecular formula is C15H23NO. The van der Waals surface area contributed by atoms with E-state index in [0.29, 0.717) is 11.8 Å². The summed E-state index contributed by atoms with van der Waals surface area (Å²) in [5, 5.41) is 3.32. The van der Waals surface area contributed by atoms with Crippen molar-refractivity contribution >= 4 is 0 Å². The molecule has 0 spiro atoms. The van der Waals surface area contributed by atoms with Gasteiger partial charge < -0.3 is 10.1 Å². The Balaban J connectivity index is 2.12. The maximum Gasteiger partial charge on any atom is 0.0500 e. The minimum atomic E-state index is 0.584. The van der Waals surface area contributed by atoms with Gasteiger partial charge in [-0.2, -0.15) is 0 Å². The molecule has 1 aliphatic rings. The fraction of sp³-hybridized carbons (Fsp3) is 0.600. The second kappa shape index (κ2) is 6.18. The fourth-order valence-electron chi connectivity index (χ4n) is 2.67. The van der Waals surface area contributed by atoms with Gasteiger partial charge in [0.25, 0.3) is 0 Å². The van der Waals surface area contributed by atoms with Crippen molar-refractivity contribution in [1.82, 2.24) is 5.32 Å². The molecule has 1 N–H and O–H groups in total. The molecule has 1 saturated heterocycles. The number of likely N-dealkylation sites (N-methyl/N-ethyl adjacent to an activating group) is 1. The Morgan fingerprint density at radius 1 is 1.35 bits per heavy atom. The molecule has 1 aromatic rings. The molecule has 0 amide bonds. The van der Waals surface area contributed by atoms with Gasteiger partial charge in [-0.25, -0.2) is 0 Å². The smallest absolute Gasteiger partial charge is 0.0500 e. The fourth-order valence-corrected chi connectivity index (χ4v) is 2.67. The van der Waals surface area contributed by atoms with Crippen molar-refractivity contribution in [3.63, 3.8) is 0 Å². The molecule has 2 rings (SSSR count). The Hall–Kier alpha value is -0.860. The number of rotatable bonds is 4. The molecule has 94 valence electrons. The second-order valence-corrected chi connectivity index (χ2v) is 5.05. The molecule has 0 radical (unpaired) electrons. The number of nitrogens with one attached hydrogen (secondary N) is 1. The third-order valence-corrected chi connectivity index (χ3v) is 3.69. The molecule has 0 aromatic heterocycles. The zero-order valence-electron chi connectivity index (χ0n) is 10.9. The molecule has 1 heterocycles. The number of ether oxygens (including phenoxy) is 1. The minimum Gasteiger partial charge on any atom is -0.381 e. The standard InChI is InChI=1S/C15H23NO/c1-12-5-7-13(8-6-12)15(10-16-2)14-4-3-9-17-11-14/h5-8,14-16H,3-4,9-11H2,1-2H3. The van der Waals surface area contributed by atoms with E-state index < -0.39 is 0 Å². The molecule has 17 heavy (non-hydrogen) atoms. The first-order valence-corrected chi connectivity index (χ1v) is 6.60. The van der Waals surface area contributed by atoms with Crippen LogP contribution in [0.15, 0.2) is 24.3 Å². The number of aryl methyl sites for hydroxylation is 1. The maximum atomic E-state index is 5.63. The number of hydrogen-bond donors (Lipinski definition) is 1. The third-order valence-electron chi connectivity index (χ3n) is 3.69. The van der Waals surface area contributed by atoms with E-state index in [4.69, 9.17) is 4.74 Å². The molecule has 1 aliphatic heterocycles. The highest BCUT2D eigenvalue weighted by Gasteiger charge is 2.24. The van der Waals surface area contributed by atoms with Gasteiger partial charge in [0, 0.05) is 19.1 Å². The summed E-state index contributed by atoms with van der Waals surface area (Å²) in [7, 11) is 2.03. The van der Waals surface area contributed by atoms with Gasteiger partial charge in [0.1, 0.15) is 0 Å². The molecule has 2 heteroatoms. The Morgan fingerprint density at radius 3 is 2.71 bits per heavy atom. The predicted octanol–water partition coefficient (Wildman–Crippen LogP) is 2.72. The molecular weight excluding hydrogens is 210 g/mol. The molecule has 2 unspecified atom stereocenters. The van der Waals surface area contributed by atoms with Gasteiger partial charge >= 0.3 is 0 Å². The van der Waals surface area contributed by atoms with E-state index in [-0.39, 0.29) is 0 Å². The Kier molecular flexibility index (Phi) is 4.57. The average molecular weight is 233 g/mol. The van der Waals surface area contributed by atoms with E-state index in [1.54, 1.807) is 0 Å². The summed E-state index contributed by atoms with van der Waals surface area (Å²) in [6, 6.07) is 8.96. The molecule has 0 bridgehead atoms. The largest absolute Gasteiger partial charge is 0.381 e. The van der Waals surface area contributed by atoms with Crippen LogP contribution in [0.3, 0.4) is 0 Å². The lowest BCUT2D eigenvalue weighted by Gasteiger charge is -2.30. The monoisotopic (exact) mass is 233 g/mol. The normalized spacial score (nSPS) is 22.4. The van der Waals surface area contributed by atoms with Gasteiger partial charge in [-0.1, -0.05) is 29.8 Å². The zero-order valence-corrected chi connectivity index (χ0v) is 10.9. The van der Waals surface area contributed by atoms with Gasteiger partial charge in [-0.05, 0) is 38.3 Å². The van der Waals surface area contributed by atoms with Gasteiger partial charge in [-0.3, -0.25) is 0 Å². The Morgan fingerprint density at radius 2 is 2.12 bits per heavy atom. The summed E-state index contributed by atoms with van der Waals surface area (Å²) in [4.78, 5) is 0. The van der Waals surface area contributed by atoms with Crippen LogP contribution in [-0.4, -0.2) is 26.8 Å². The van der Waals surface area contributed by atoms with Crippen LogP contribution < -0.4 is 5.32 Å². The van der Waals surface area contributed by atoms with Crippen molar-refractivity contribution < 1.29 is 4.74 Å². The van der Waals surface area contributed by atoms with Crippen molar-refractivity contribution in [2.45, 2.75) is 25.7 Å².